The first kappa shape index (κ1) is 16.1. The molecule has 2 aromatic heterocycles. The molecule has 0 N–H and O–H groups in total. The Morgan fingerprint density at radius 3 is 2.71 bits per heavy atom. The molecule has 24 heavy (non-hydrogen) atoms. The Kier molecular flexibility index (Phi) is 4.31. The van der Waals surface area contributed by atoms with Crippen molar-refractivity contribution in [2.24, 2.45) is 0 Å². The molecular formula is C17H12ClFN2O3. The molecule has 0 spiro atoms. The third kappa shape index (κ3) is 2.76. The summed E-state index contributed by atoms with van der Waals surface area (Å²) in [5.74, 6) is -1.61. The van der Waals surface area contributed by atoms with Crippen LogP contribution >= 0.6 is 11.6 Å². The second kappa shape index (κ2) is 6.41. The van der Waals surface area contributed by atoms with E-state index in [9.17, 15) is 14.0 Å². The van der Waals surface area contributed by atoms with Gasteiger partial charge in [0.05, 0.1) is 12.0 Å². The lowest BCUT2D eigenvalue weighted by Gasteiger charge is -2.13. The van der Waals surface area contributed by atoms with Crippen molar-refractivity contribution in [1.82, 2.24) is 9.55 Å². The van der Waals surface area contributed by atoms with Gasteiger partial charge in [-0.05, 0) is 25.1 Å². The van der Waals surface area contributed by atoms with Crippen LogP contribution in [0.3, 0.4) is 0 Å². The van der Waals surface area contributed by atoms with E-state index >= 15 is 0 Å². The van der Waals surface area contributed by atoms with Crippen molar-refractivity contribution < 1.29 is 13.9 Å². The number of ether oxygens (including phenoxy) is 1. The zero-order chi connectivity index (χ0) is 17.3. The van der Waals surface area contributed by atoms with Crippen LogP contribution in [0.4, 0.5) is 4.39 Å². The average molecular weight is 347 g/mol. The van der Waals surface area contributed by atoms with E-state index in [1.807, 2.05) is 6.07 Å². The molecule has 3 aromatic rings. The maximum atomic E-state index is 13.8. The number of halogens is 2. The summed E-state index contributed by atoms with van der Waals surface area (Å²) < 4.78 is 20.2. The highest BCUT2D eigenvalue weighted by atomic mass is 35.5. The standard InChI is InChI=1S/C17H12ClFN2O3/c1-2-24-17(23)12-9-21(10-6-4-3-5-7-10)16-11(14(12)22)8-13(19)15(18)20-16/h3-9H,2H2,1H3. The van der Waals surface area contributed by atoms with Crippen molar-refractivity contribution in [3.63, 3.8) is 0 Å². The van der Waals surface area contributed by atoms with E-state index in [-0.39, 0.29) is 28.4 Å². The van der Waals surface area contributed by atoms with E-state index in [4.69, 9.17) is 16.3 Å². The lowest BCUT2D eigenvalue weighted by Crippen LogP contribution is -2.21. The number of fused-ring (bicyclic) bond motifs is 1. The molecule has 0 atom stereocenters. The summed E-state index contributed by atoms with van der Waals surface area (Å²) in [5.41, 5.74) is -0.0516. The number of pyridine rings is 2. The third-order valence-electron chi connectivity index (χ3n) is 3.42. The summed E-state index contributed by atoms with van der Waals surface area (Å²) in [6.07, 6.45) is 1.33. The topological polar surface area (TPSA) is 61.2 Å². The summed E-state index contributed by atoms with van der Waals surface area (Å²) >= 11 is 5.76. The van der Waals surface area contributed by atoms with Crippen LogP contribution in [-0.4, -0.2) is 22.1 Å². The van der Waals surface area contributed by atoms with E-state index in [0.29, 0.717) is 5.69 Å². The molecule has 1 aromatic carbocycles. The molecule has 0 amide bonds. The van der Waals surface area contributed by atoms with Crippen molar-refractivity contribution in [3.8, 4) is 5.69 Å². The van der Waals surface area contributed by atoms with Gasteiger partial charge >= 0.3 is 5.97 Å². The lowest BCUT2D eigenvalue weighted by atomic mass is 10.1. The molecule has 0 unspecified atom stereocenters. The van der Waals surface area contributed by atoms with Gasteiger partial charge in [-0.1, -0.05) is 29.8 Å². The number of hydrogen-bond donors (Lipinski definition) is 0. The smallest absolute Gasteiger partial charge is 0.343 e. The van der Waals surface area contributed by atoms with E-state index in [1.165, 1.54) is 10.8 Å². The van der Waals surface area contributed by atoms with Crippen LogP contribution in [-0.2, 0) is 4.74 Å². The van der Waals surface area contributed by atoms with E-state index in [2.05, 4.69) is 4.98 Å². The Bertz CT molecular complexity index is 987. The molecule has 0 aliphatic heterocycles. The predicted molar refractivity (Wildman–Crippen MR) is 88.3 cm³/mol. The minimum atomic E-state index is -0.832. The van der Waals surface area contributed by atoms with Gasteiger partial charge < -0.3 is 9.30 Å². The molecule has 0 fully saturated rings. The molecule has 0 saturated heterocycles. The largest absolute Gasteiger partial charge is 0.462 e. The monoisotopic (exact) mass is 346 g/mol. The third-order valence-corrected chi connectivity index (χ3v) is 3.68. The Labute approximate surface area is 141 Å². The van der Waals surface area contributed by atoms with E-state index < -0.39 is 17.2 Å². The van der Waals surface area contributed by atoms with Crippen LogP contribution in [0, 0.1) is 5.82 Å². The van der Waals surface area contributed by atoms with E-state index in [0.717, 1.165) is 6.07 Å². The number of esters is 1. The summed E-state index contributed by atoms with van der Waals surface area (Å²) in [6.45, 7) is 1.75. The van der Waals surface area contributed by atoms with Gasteiger partial charge in [0.1, 0.15) is 11.2 Å². The fourth-order valence-electron chi connectivity index (χ4n) is 2.34. The summed E-state index contributed by atoms with van der Waals surface area (Å²) in [7, 11) is 0. The molecule has 7 heteroatoms. The van der Waals surface area contributed by atoms with Crippen LogP contribution in [0.2, 0.25) is 5.15 Å². The number of benzene rings is 1. The normalized spacial score (nSPS) is 10.8. The second-order valence-corrected chi connectivity index (χ2v) is 5.29. The molecule has 0 saturated carbocycles. The summed E-state index contributed by atoms with van der Waals surface area (Å²) in [5, 5.41) is -0.401. The van der Waals surface area contributed by atoms with E-state index in [1.54, 1.807) is 31.2 Å². The average Bonchev–Trinajstić information content (AvgIpc) is 2.58. The molecule has 0 aliphatic rings. The molecule has 0 radical (unpaired) electrons. The number of carbonyl (C=O) groups excluding carboxylic acids is 1. The molecule has 3 rings (SSSR count). The molecule has 0 aliphatic carbocycles. The summed E-state index contributed by atoms with van der Waals surface area (Å²) in [4.78, 5) is 28.6. The molecule has 122 valence electrons. The number of rotatable bonds is 3. The van der Waals surface area contributed by atoms with Crippen molar-refractivity contribution in [2.45, 2.75) is 6.92 Å². The second-order valence-electron chi connectivity index (χ2n) is 4.93. The van der Waals surface area contributed by atoms with Crippen molar-refractivity contribution >= 4 is 28.6 Å². The lowest BCUT2D eigenvalue weighted by molar-refractivity contribution is 0.0524. The van der Waals surface area contributed by atoms with Gasteiger partial charge in [-0.15, -0.1) is 0 Å². The molecule has 2 heterocycles. The maximum absolute atomic E-state index is 13.8. The molecule has 5 nitrogen and oxygen atoms in total. The van der Waals surface area contributed by atoms with Crippen molar-refractivity contribution in [2.75, 3.05) is 6.61 Å². The van der Waals surface area contributed by atoms with Crippen molar-refractivity contribution in [1.29, 1.82) is 0 Å². The zero-order valence-electron chi connectivity index (χ0n) is 12.6. The van der Waals surface area contributed by atoms with Crippen LogP contribution in [0.5, 0.6) is 0 Å². The van der Waals surface area contributed by atoms with Gasteiger partial charge in [0.25, 0.3) is 0 Å². The Morgan fingerprint density at radius 2 is 2.04 bits per heavy atom. The SMILES string of the molecule is CCOC(=O)c1cn(-c2ccccc2)c2nc(Cl)c(F)cc2c1=O. The maximum Gasteiger partial charge on any atom is 0.343 e. The molecule has 0 bridgehead atoms. The number of hydrogen-bond acceptors (Lipinski definition) is 4. The highest BCUT2D eigenvalue weighted by molar-refractivity contribution is 6.29. The van der Waals surface area contributed by atoms with Gasteiger partial charge in [-0.3, -0.25) is 4.79 Å². The Balaban J connectivity index is 2.40. The fraction of sp³-hybridized carbons (Fsp3) is 0.118. The van der Waals surface area contributed by atoms with Crippen LogP contribution in [0.15, 0.2) is 47.4 Å². The Hall–Kier alpha value is -2.73. The summed E-state index contributed by atoms with van der Waals surface area (Å²) in [6, 6.07) is 9.90. The highest BCUT2D eigenvalue weighted by Crippen LogP contribution is 2.21. The first-order valence-electron chi connectivity index (χ1n) is 7.17. The van der Waals surface area contributed by atoms with Gasteiger partial charge in [-0.2, -0.15) is 0 Å². The van der Waals surface area contributed by atoms with Gasteiger partial charge in [0.15, 0.2) is 11.0 Å². The van der Waals surface area contributed by atoms with Crippen LogP contribution in [0.25, 0.3) is 16.7 Å². The minimum Gasteiger partial charge on any atom is -0.462 e. The minimum absolute atomic E-state index is 0.0497. The highest BCUT2D eigenvalue weighted by Gasteiger charge is 2.19. The van der Waals surface area contributed by atoms with Gasteiger partial charge in [-0.25, -0.2) is 14.2 Å². The zero-order valence-corrected chi connectivity index (χ0v) is 13.4. The number of para-hydroxylation sites is 1. The number of aromatic nitrogens is 2. The van der Waals surface area contributed by atoms with Gasteiger partial charge in [0.2, 0.25) is 5.43 Å². The van der Waals surface area contributed by atoms with Crippen LogP contribution in [0.1, 0.15) is 17.3 Å². The quantitative estimate of drug-likeness (QED) is 0.539. The fourth-order valence-corrected chi connectivity index (χ4v) is 2.48. The number of nitrogens with zero attached hydrogens (tertiary/aromatic N) is 2. The molecular weight excluding hydrogens is 335 g/mol. The number of carbonyl (C=O) groups is 1. The first-order valence-corrected chi connectivity index (χ1v) is 7.54. The van der Waals surface area contributed by atoms with Crippen LogP contribution < -0.4 is 5.43 Å². The first-order chi connectivity index (χ1) is 11.5. The predicted octanol–water partition coefficient (Wildman–Crippen LogP) is 3.35. The van der Waals surface area contributed by atoms with Crippen molar-refractivity contribution in [3.05, 3.63) is 69.4 Å². The van der Waals surface area contributed by atoms with Gasteiger partial charge in [0, 0.05) is 11.9 Å². The Morgan fingerprint density at radius 1 is 1.33 bits per heavy atom.